The predicted octanol–water partition coefficient (Wildman–Crippen LogP) is 2.11. The molecule has 0 unspecified atom stereocenters. The SMILES string of the molecule is Cc1cnc2c3c(c(=O)[nH]c2c1)CCCC3. The Morgan fingerprint density at radius 1 is 1.25 bits per heavy atom. The molecule has 3 heteroatoms. The van der Waals surface area contributed by atoms with E-state index in [9.17, 15) is 4.79 Å². The second kappa shape index (κ2) is 3.44. The van der Waals surface area contributed by atoms with E-state index < -0.39 is 0 Å². The smallest absolute Gasteiger partial charge is 0.251 e. The lowest BCUT2D eigenvalue weighted by Gasteiger charge is -2.16. The van der Waals surface area contributed by atoms with E-state index >= 15 is 0 Å². The molecule has 0 amide bonds. The van der Waals surface area contributed by atoms with E-state index in [0.29, 0.717) is 0 Å². The third-order valence-corrected chi connectivity index (χ3v) is 3.30. The number of hydrogen-bond acceptors (Lipinski definition) is 2. The molecule has 2 heterocycles. The van der Waals surface area contributed by atoms with Crippen LogP contribution in [0.2, 0.25) is 0 Å². The van der Waals surface area contributed by atoms with Crippen molar-refractivity contribution in [1.29, 1.82) is 0 Å². The van der Waals surface area contributed by atoms with Gasteiger partial charge in [-0.1, -0.05) is 0 Å². The van der Waals surface area contributed by atoms with Crippen LogP contribution in [0.3, 0.4) is 0 Å². The van der Waals surface area contributed by atoms with E-state index in [1.165, 1.54) is 12.0 Å². The van der Waals surface area contributed by atoms with Gasteiger partial charge in [0.15, 0.2) is 0 Å². The van der Waals surface area contributed by atoms with Crippen LogP contribution in [0, 0.1) is 6.92 Å². The fraction of sp³-hybridized carbons (Fsp3) is 0.385. The average molecular weight is 214 g/mol. The normalized spacial score (nSPS) is 15.1. The van der Waals surface area contributed by atoms with E-state index in [0.717, 1.165) is 41.4 Å². The average Bonchev–Trinajstić information content (AvgIpc) is 2.29. The molecule has 3 nitrogen and oxygen atoms in total. The van der Waals surface area contributed by atoms with Gasteiger partial charge in [0.25, 0.3) is 5.56 Å². The molecule has 1 aliphatic carbocycles. The fourth-order valence-electron chi connectivity index (χ4n) is 2.52. The standard InChI is InChI=1S/C13H14N2O/c1-8-6-11-12(14-7-8)9-4-2-3-5-10(9)13(16)15-11/h6-7H,2-5H2,1H3,(H,15,16). The first-order valence-corrected chi connectivity index (χ1v) is 5.76. The van der Waals surface area contributed by atoms with Gasteiger partial charge in [-0.05, 0) is 49.8 Å². The number of pyridine rings is 2. The Labute approximate surface area is 93.5 Å². The summed E-state index contributed by atoms with van der Waals surface area (Å²) in [5, 5.41) is 0. The summed E-state index contributed by atoms with van der Waals surface area (Å²) in [6.45, 7) is 1.99. The minimum absolute atomic E-state index is 0.0783. The quantitative estimate of drug-likeness (QED) is 0.730. The lowest BCUT2D eigenvalue weighted by molar-refractivity contribution is 0.681. The van der Waals surface area contributed by atoms with Crippen LogP contribution in [0.15, 0.2) is 17.1 Å². The molecule has 2 aromatic rings. The van der Waals surface area contributed by atoms with E-state index in [1.807, 2.05) is 19.2 Å². The topological polar surface area (TPSA) is 45.8 Å². The highest BCUT2D eigenvalue weighted by Crippen LogP contribution is 2.24. The van der Waals surface area contributed by atoms with Crippen LogP contribution in [0.25, 0.3) is 11.0 Å². The summed E-state index contributed by atoms with van der Waals surface area (Å²) < 4.78 is 0. The lowest BCUT2D eigenvalue weighted by Crippen LogP contribution is -2.19. The van der Waals surface area contributed by atoms with Crippen molar-refractivity contribution in [1.82, 2.24) is 9.97 Å². The number of aryl methyl sites for hydroxylation is 2. The summed E-state index contributed by atoms with van der Waals surface area (Å²) in [4.78, 5) is 19.3. The molecule has 3 rings (SSSR count). The van der Waals surface area contributed by atoms with E-state index in [2.05, 4.69) is 9.97 Å². The first-order valence-electron chi connectivity index (χ1n) is 5.76. The van der Waals surface area contributed by atoms with Crippen LogP contribution in [0.5, 0.6) is 0 Å². The van der Waals surface area contributed by atoms with Crippen LogP contribution in [0.1, 0.15) is 29.5 Å². The summed E-state index contributed by atoms with van der Waals surface area (Å²) in [7, 11) is 0. The van der Waals surface area contributed by atoms with Gasteiger partial charge in [-0.15, -0.1) is 0 Å². The number of nitrogens with zero attached hydrogens (tertiary/aromatic N) is 1. The van der Waals surface area contributed by atoms with Crippen LogP contribution in [-0.2, 0) is 12.8 Å². The molecule has 16 heavy (non-hydrogen) atoms. The first kappa shape index (κ1) is 9.58. The molecular weight excluding hydrogens is 200 g/mol. The van der Waals surface area contributed by atoms with Crippen molar-refractivity contribution in [3.63, 3.8) is 0 Å². The number of hydrogen-bond donors (Lipinski definition) is 1. The fourth-order valence-corrected chi connectivity index (χ4v) is 2.52. The first-order chi connectivity index (χ1) is 7.75. The van der Waals surface area contributed by atoms with Crippen LogP contribution >= 0.6 is 0 Å². The van der Waals surface area contributed by atoms with Crippen LogP contribution < -0.4 is 5.56 Å². The third kappa shape index (κ3) is 1.35. The maximum Gasteiger partial charge on any atom is 0.251 e. The molecule has 0 atom stereocenters. The Morgan fingerprint density at radius 2 is 2.00 bits per heavy atom. The molecule has 0 saturated carbocycles. The zero-order valence-electron chi connectivity index (χ0n) is 9.34. The second-order valence-electron chi connectivity index (χ2n) is 4.53. The highest BCUT2D eigenvalue weighted by molar-refractivity contribution is 5.79. The van der Waals surface area contributed by atoms with Gasteiger partial charge in [-0.2, -0.15) is 0 Å². The number of rotatable bonds is 0. The maximum absolute atomic E-state index is 11.9. The van der Waals surface area contributed by atoms with Crippen molar-refractivity contribution in [3.8, 4) is 0 Å². The molecule has 0 aromatic carbocycles. The van der Waals surface area contributed by atoms with Crippen molar-refractivity contribution < 1.29 is 0 Å². The molecule has 82 valence electrons. The molecule has 0 aliphatic heterocycles. The zero-order valence-corrected chi connectivity index (χ0v) is 9.34. The Kier molecular flexibility index (Phi) is 2.06. The van der Waals surface area contributed by atoms with Crippen molar-refractivity contribution in [2.75, 3.05) is 0 Å². The summed E-state index contributed by atoms with van der Waals surface area (Å²) >= 11 is 0. The summed E-state index contributed by atoms with van der Waals surface area (Å²) in [5.74, 6) is 0. The van der Waals surface area contributed by atoms with Crippen molar-refractivity contribution >= 4 is 11.0 Å². The summed E-state index contributed by atoms with van der Waals surface area (Å²) in [6.07, 6.45) is 6.05. The number of fused-ring (bicyclic) bond motifs is 3. The van der Waals surface area contributed by atoms with Crippen LogP contribution in [0.4, 0.5) is 0 Å². The lowest BCUT2D eigenvalue weighted by atomic mass is 9.92. The molecule has 2 aromatic heterocycles. The Bertz CT molecular complexity index is 613. The molecule has 1 aliphatic rings. The highest BCUT2D eigenvalue weighted by atomic mass is 16.1. The summed E-state index contributed by atoms with van der Waals surface area (Å²) in [6, 6.07) is 2.00. The minimum atomic E-state index is 0.0783. The molecule has 0 radical (unpaired) electrons. The predicted molar refractivity (Wildman–Crippen MR) is 63.7 cm³/mol. The maximum atomic E-state index is 11.9. The molecule has 0 saturated heterocycles. The van der Waals surface area contributed by atoms with Gasteiger partial charge in [-0.25, -0.2) is 0 Å². The Hall–Kier alpha value is -1.64. The Balaban J connectivity index is 2.42. The highest BCUT2D eigenvalue weighted by Gasteiger charge is 2.16. The van der Waals surface area contributed by atoms with Gasteiger partial charge in [-0.3, -0.25) is 9.78 Å². The van der Waals surface area contributed by atoms with Crippen molar-refractivity contribution in [2.24, 2.45) is 0 Å². The van der Waals surface area contributed by atoms with E-state index in [1.54, 1.807) is 0 Å². The van der Waals surface area contributed by atoms with Gasteiger partial charge in [0, 0.05) is 11.8 Å². The largest absolute Gasteiger partial charge is 0.320 e. The Morgan fingerprint density at radius 3 is 2.81 bits per heavy atom. The zero-order chi connectivity index (χ0) is 11.1. The van der Waals surface area contributed by atoms with Gasteiger partial charge in [0.1, 0.15) is 0 Å². The monoisotopic (exact) mass is 214 g/mol. The van der Waals surface area contributed by atoms with Gasteiger partial charge < -0.3 is 4.98 Å². The molecule has 0 bridgehead atoms. The molecule has 0 spiro atoms. The third-order valence-electron chi connectivity index (χ3n) is 3.30. The minimum Gasteiger partial charge on any atom is -0.320 e. The van der Waals surface area contributed by atoms with Crippen molar-refractivity contribution in [2.45, 2.75) is 32.6 Å². The molecule has 1 N–H and O–H groups in total. The number of aromatic amines is 1. The molecular formula is C13H14N2O. The molecule has 0 fully saturated rings. The number of nitrogens with one attached hydrogen (secondary N) is 1. The van der Waals surface area contributed by atoms with Crippen LogP contribution in [-0.4, -0.2) is 9.97 Å². The van der Waals surface area contributed by atoms with Gasteiger partial charge in [0.05, 0.1) is 11.0 Å². The van der Waals surface area contributed by atoms with Gasteiger partial charge in [0.2, 0.25) is 0 Å². The van der Waals surface area contributed by atoms with Gasteiger partial charge >= 0.3 is 0 Å². The number of H-pyrrole nitrogens is 1. The van der Waals surface area contributed by atoms with Crippen molar-refractivity contribution in [3.05, 3.63) is 39.3 Å². The van der Waals surface area contributed by atoms with E-state index in [4.69, 9.17) is 0 Å². The van der Waals surface area contributed by atoms with E-state index in [-0.39, 0.29) is 5.56 Å². The summed E-state index contributed by atoms with van der Waals surface area (Å²) in [5.41, 5.74) is 5.15. The second-order valence-corrected chi connectivity index (χ2v) is 4.53. The number of aromatic nitrogens is 2.